The van der Waals surface area contributed by atoms with Crippen LogP contribution in [-0.2, 0) is 6.54 Å². The summed E-state index contributed by atoms with van der Waals surface area (Å²) in [5.41, 5.74) is 2.97. The summed E-state index contributed by atoms with van der Waals surface area (Å²) in [6, 6.07) is 4.04. The Bertz CT molecular complexity index is 588. The molecule has 2 aromatic heterocycles. The predicted molar refractivity (Wildman–Crippen MR) is 73.8 cm³/mol. The average Bonchev–Trinajstić information content (AvgIpc) is 2.87. The van der Waals surface area contributed by atoms with Crippen LogP contribution in [0.15, 0.2) is 12.1 Å². The number of nitrogens with zero attached hydrogens (tertiary/aromatic N) is 3. The van der Waals surface area contributed by atoms with Gasteiger partial charge < -0.3 is 4.57 Å². The molecule has 0 radical (unpaired) electrons. The third-order valence-electron chi connectivity index (χ3n) is 3.81. The van der Waals surface area contributed by atoms with Crippen molar-refractivity contribution in [1.29, 1.82) is 0 Å². The molecule has 3 atom stereocenters. The van der Waals surface area contributed by atoms with Crippen molar-refractivity contribution in [2.75, 3.05) is 0 Å². The number of aryl methyl sites for hydroxylation is 1. The van der Waals surface area contributed by atoms with E-state index in [0.717, 1.165) is 41.1 Å². The molecule has 3 nitrogen and oxygen atoms in total. The molecule has 0 aliphatic heterocycles. The second kappa shape index (κ2) is 4.23. The number of halogens is 1. The number of fused-ring (bicyclic) bond motifs is 1. The summed E-state index contributed by atoms with van der Waals surface area (Å²) in [5, 5.41) is -0.0754. The van der Waals surface area contributed by atoms with Crippen LogP contribution in [0.2, 0.25) is 0 Å². The molecule has 2 aromatic rings. The largest absolute Gasteiger partial charge is 0.311 e. The molecular formula is C14H18ClN3. The fraction of sp³-hybridized carbons (Fsp3) is 0.571. The Hall–Kier alpha value is -1.09. The van der Waals surface area contributed by atoms with E-state index in [9.17, 15) is 0 Å². The normalized spacial score (nSPS) is 24.4. The first-order valence-corrected chi connectivity index (χ1v) is 6.97. The molecule has 0 aromatic carbocycles. The number of alkyl halides is 1. The molecule has 1 aliphatic carbocycles. The van der Waals surface area contributed by atoms with Crippen LogP contribution in [0.25, 0.3) is 11.2 Å². The van der Waals surface area contributed by atoms with Crippen molar-refractivity contribution >= 4 is 22.8 Å². The summed E-state index contributed by atoms with van der Waals surface area (Å²) in [6.45, 7) is 7.29. The summed E-state index contributed by atoms with van der Waals surface area (Å²) in [4.78, 5) is 9.25. The molecule has 1 fully saturated rings. The monoisotopic (exact) mass is 263 g/mol. The number of hydrogen-bond acceptors (Lipinski definition) is 2. The van der Waals surface area contributed by atoms with E-state index in [1.54, 1.807) is 0 Å². The minimum absolute atomic E-state index is 0.0754. The maximum absolute atomic E-state index is 6.25. The second-order valence-corrected chi connectivity index (χ2v) is 6.12. The molecule has 1 aliphatic rings. The molecule has 3 unspecified atom stereocenters. The Morgan fingerprint density at radius 2 is 2.17 bits per heavy atom. The summed E-state index contributed by atoms with van der Waals surface area (Å²) in [5.74, 6) is 2.54. The zero-order valence-corrected chi connectivity index (χ0v) is 11.8. The van der Waals surface area contributed by atoms with Crippen LogP contribution in [0.4, 0.5) is 0 Å². The minimum atomic E-state index is -0.0754. The maximum atomic E-state index is 6.25. The minimum Gasteiger partial charge on any atom is -0.311 e. The molecule has 3 rings (SSSR count). The van der Waals surface area contributed by atoms with E-state index in [2.05, 4.69) is 21.5 Å². The lowest BCUT2D eigenvalue weighted by molar-refractivity contribution is 0.578. The third kappa shape index (κ3) is 2.01. The van der Waals surface area contributed by atoms with Gasteiger partial charge in [0.1, 0.15) is 11.3 Å². The first kappa shape index (κ1) is 12.0. The lowest BCUT2D eigenvalue weighted by Gasteiger charge is -2.09. The molecule has 96 valence electrons. The standard InChI is InChI=1S/C14H18ClN3/c1-8-6-11(8)7-18-13(10(3)15)17-12-5-4-9(2)16-14(12)18/h4-5,8,10-11H,6-7H2,1-3H3. The molecule has 4 heteroatoms. The van der Waals surface area contributed by atoms with Crippen LogP contribution in [0.1, 0.15) is 37.2 Å². The fourth-order valence-electron chi connectivity index (χ4n) is 2.49. The Morgan fingerprint density at radius 1 is 1.44 bits per heavy atom. The third-order valence-corrected chi connectivity index (χ3v) is 4.01. The number of imidazole rings is 1. The van der Waals surface area contributed by atoms with Gasteiger partial charge in [0.05, 0.1) is 5.38 Å². The SMILES string of the molecule is Cc1ccc2nc(C(C)Cl)n(CC3CC3C)c2n1. The Labute approximate surface area is 112 Å². The summed E-state index contributed by atoms with van der Waals surface area (Å²) in [6.07, 6.45) is 1.31. The molecule has 1 saturated carbocycles. The molecular weight excluding hydrogens is 246 g/mol. The van der Waals surface area contributed by atoms with Crippen LogP contribution < -0.4 is 0 Å². The molecule has 2 heterocycles. The van der Waals surface area contributed by atoms with Crippen molar-refractivity contribution in [2.24, 2.45) is 11.8 Å². The zero-order chi connectivity index (χ0) is 12.9. The average molecular weight is 264 g/mol. The highest BCUT2D eigenvalue weighted by molar-refractivity contribution is 6.20. The maximum Gasteiger partial charge on any atom is 0.160 e. The van der Waals surface area contributed by atoms with Gasteiger partial charge in [0.2, 0.25) is 0 Å². The fourth-order valence-corrected chi connectivity index (χ4v) is 2.65. The highest BCUT2D eigenvalue weighted by Crippen LogP contribution is 2.40. The number of hydrogen-bond donors (Lipinski definition) is 0. The van der Waals surface area contributed by atoms with Gasteiger partial charge in [0.15, 0.2) is 5.65 Å². The van der Waals surface area contributed by atoms with E-state index in [1.165, 1.54) is 6.42 Å². The van der Waals surface area contributed by atoms with Crippen molar-refractivity contribution in [2.45, 2.75) is 39.1 Å². The van der Waals surface area contributed by atoms with Gasteiger partial charge in [0, 0.05) is 12.2 Å². The smallest absolute Gasteiger partial charge is 0.160 e. The lowest BCUT2D eigenvalue weighted by atomic mass is 10.3. The Balaban J connectivity index is 2.10. The van der Waals surface area contributed by atoms with Crippen LogP contribution in [0, 0.1) is 18.8 Å². The van der Waals surface area contributed by atoms with Crippen LogP contribution >= 0.6 is 11.6 Å². The van der Waals surface area contributed by atoms with E-state index in [4.69, 9.17) is 11.6 Å². The highest BCUT2D eigenvalue weighted by atomic mass is 35.5. The number of rotatable bonds is 3. The van der Waals surface area contributed by atoms with Crippen molar-refractivity contribution < 1.29 is 0 Å². The predicted octanol–water partition coefficient (Wildman–Crippen LogP) is 3.70. The summed E-state index contributed by atoms with van der Waals surface area (Å²) in [7, 11) is 0. The molecule has 0 N–H and O–H groups in total. The van der Waals surface area contributed by atoms with E-state index in [0.29, 0.717) is 0 Å². The van der Waals surface area contributed by atoms with Gasteiger partial charge in [-0.05, 0) is 44.2 Å². The van der Waals surface area contributed by atoms with E-state index < -0.39 is 0 Å². The van der Waals surface area contributed by atoms with E-state index in [1.807, 2.05) is 26.0 Å². The van der Waals surface area contributed by atoms with Gasteiger partial charge in [-0.25, -0.2) is 9.97 Å². The van der Waals surface area contributed by atoms with Crippen molar-refractivity contribution in [3.05, 3.63) is 23.7 Å². The highest BCUT2D eigenvalue weighted by Gasteiger charge is 2.34. The van der Waals surface area contributed by atoms with Crippen LogP contribution in [-0.4, -0.2) is 14.5 Å². The van der Waals surface area contributed by atoms with Gasteiger partial charge in [-0.1, -0.05) is 6.92 Å². The molecule has 0 saturated heterocycles. The second-order valence-electron chi connectivity index (χ2n) is 5.47. The van der Waals surface area contributed by atoms with Gasteiger partial charge in [0.25, 0.3) is 0 Å². The van der Waals surface area contributed by atoms with Gasteiger partial charge >= 0.3 is 0 Å². The number of aromatic nitrogens is 3. The van der Waals surface area contributed by atoms with Gasteiger partial charge in [-0.15, -0.1) is 11.6 Å². The van der Waals surface area contributed by atoms with Crippen molar-refractivity contribution in [3.8, 4) is 0 Å². The first-order chi connectivity index (χ1) is 8.56. The number of pyridine rings is 1. The summed E-state index contributed by atoms with van der Waals surface area (Å²) < 4.78 is 2.22. The van der Waals surface area contributed by atoms with Crippen LogP contribution in [0.3, 0.4) is 0 Å². The van der Waals surface area contributed by atoms with Gasteiger partial charge in [-0.3, -0.25) is 0 Å². The van der Waals surface area contributed by atoms with E-state index >= 15 is 0 Å². The van der Waals surface area contributed by atoms with Crippen LogP contribution in [0.5, 0.6) is 0 Å². The first-order valence-electron chi connectivity index (χ1n) is 6.54. The molecule has 0 amide bonds. The Morgan fingerprint density at radius 3 is 2.78 bits per heavy atom. The topological polar surface area (TPSA) is 30.7 Å². The molecule has 18 heavy (non-hydrogen) atoms. The molecule has 0 spiro atoms. The summed E-state index contributed by atoms with van der Waals surface area (Å²) >= 11 is 6.25. The quantitative estimate of drug-likeness (QED) is 0.791. The zero-order valence-electron chi connectivity index (χ0n) is 11.0. The van der Waals surface area contributed by atoms with Gasteiger partial charge in [-0.2, -0.15) is 0 Å². The molecule has 0 bridgehead atoms. The lowest BCUT2D eigenvalue weighted by Crippen LogP contribution is -2.07. The Kier molecular flexibility index (Phi) is 2.81. The van der Waals surface area contributed by atoms with Crippen molar-refractivity contribution in [3.63, 3.8) is 0 Å². The van der Waals surface area contributed by atoms with Crippen molar-refractivity contribution in [1.82, 2.24) is 14.5 Å². The van der Waals surface area contributed by atoms with E-state index in [-0.39, 0.29) is 5.38 Å².